The van der Waals surface area contributed by atoms with E-state index in [4.69, 9.17) is 8.61 Å². The van der Waals surface area contributed by atoms with Gasteiger partial charge in [-0.1, -0.05) is 81.4 Å². The molecule has 154 valence electrons. The van der Waals surface area contributed by atoms with Gasteiger partial charge in [-0.25, -0.2) is 0 Å². The Hall–Kier alpha value is -1.47. The zero-order valence-corrected chi connectivity index (χ0v) is 19.3. The summed E-state index contributed by atoms with van der Waals surface area (Å²) in [6.45, 7) is 9.08. The number of hydrogen-bond acceptors (Lipinski definition) is 4. The van der Waals surface area contributed by atoms with Gasteiger partial charge in [0.2, 0.25) is 0 Å². The third-order valence-electron chi connectivity index (χ3n) is 4.83. The molecule has 0 bridgehead atoms. The van der Waals surface area contributed by atoms with E-state index in [-0.39, 0.29) is 11.1 Å². The maximum Gasteiger partial charge on any atom is 0.264 e. The Kier molecular flexibility index (Phi) is 7.62. The number of hydrogen-bond donors (Lipinski definition) is 0. The molecule has 4 nitrogen and oxygen atoms in total. The zero-order valence-electron chi connectivity index (χ0n) is 17.5. The first-order chi connectivity index (χ1) is 13.1. The van der Waals surface area contributed by atoms with Gasteiger partial charge in [0, 0.05) is 6.61 Å². The van der Waals surface area contributed by atoms with Gasteiger partial charge < -0.3 is 4.43 Å². The lowest BCUT2D eigenvalue weighted by Crippen LogP contribution is -2.66. The number of benzene rings is 2. The summed E-state index contributed by atoms with van der Waals surface area (Å²) in [6, 6.07) is 21.0. The summed E-state index contributed by atoms with van der Waals surface area (Å²) >= 11 is 0. The minimum atomic E-state index is -3.43. The lowest BCUT2D eigenvalue weighted by Gasteiger charge is -2.43. The topological polar surface area (TPSA) is 52.6 Å². The van der Waals surface area contributed by atoms with Crippen LogP contribution in [-0.4, -0.2) is 35.7 Å². The van der Waals surface area contributed by atoms with Crippen LogP contribution in [-0.2, 0) is 18.7 Å². The Labute approximate surface area is 171 Å². The van der Waals surface area contributed by atoms with Gasteiger partial charge in [-0.2, -0.15) is 8.42 Å². The van der Waals surface area contributed by atoms with Crippen molar-refractivity contribution in [3.8, 4) is 0 Å². The van der Waals surface area contributed by atoms with Crippen LogP contribution in [0.25, 0.3) is 0 Å². The molecule has 2 aromatic carbocycles. The van der Waals surface area contributed by atoms with Crippen LogP contribution in [0.2, 0.25) is 5.04 Å². The molecule has 0 fully saturated rings. The van der Waals surface area contributed by atoms with Crippen molar-refractivity contribution in [2.75, 3.05) is 12.9 Å². The first kappa shape index (κ1) is 22.8. The summed E-state index contributed by atoms with van der Waals surface area (Å²) in [5, 5.41) is 2.42. The predicted octanol–water partition coefficient (Wildman–Crippen LogP) is 3.71. The third kappa shape index (κ3) is 5.77. The van der Waals surface area contributed by atoms with E-state index in [2.05, 4.69) is 69.3 Å². The second-order valence-electron chi connectivity index (χ2n) is 8.26. The van der Waals surface area contributed by atoms with E-state index >= 15 is 0 Å². The van der Waals surface area contributed by atoms with E-state index < -0.39 is 18.4 Å². The minimum absolute atomic E-state index is 0.0649. The molecule has 2 aromatic rings. The summed E-state index contributed by atoms with van der Waals surface area (Å²) in [7, 11) is -5.96. The molecule has 1 atom stereocenters. The molecule has 0 aromatic heterocycles. The molecule has 0 radical (unpaired) electrons. The van der Waals surface area contributed by atoms with Crippen LogP contribution in [0, 0.1) is 0 Å². The molecule has 6 heteroatoms. The fraction of sp³-hybridized carbons (Fsp3) is 0.455. The Morgan fingerprint density at radius 1 is 0.929 bits per heavy atom. The van der Waals surface area contributed by atoms with Crippen molar-refractivity contribution in [1.82, 2.24) is 0 Å². The first-order valence-corrected chi connectivity index (χ1v) is 13.4. The maximum absolute atomic E-state index is 11.3. The Morgan fingerprint density at radius 2 is 1.39 bits per heavy atom. The molecular formula is C22H32O4SSi. The fourth-order valence-corrected chi connectivity index (χ4v) is 9.00. The summed E-state index contributed by atoms with van der Waals surface area (Å²) in [4.78, 5) is 0. The lowest BCUT2D eigenvalue weighted by molar-refractivity contribution is 0.199. The van der Waals surface area contributed by atoms with Crippen molar-refractivity contribution in [2.45, 2.75) is 51.7 Å². The van der Waals surface area contributed by atoms with Gasteiger partial charge in [-0.3, -0.25) is 4.18 Å². The van der Waals surface area contributed by atoms with E-state index in [1.165, 1.54) is 10.4 Å². The summed E-state index contributed by atoms with van der Waals surface area (Å²) in [5.74, 6) is 0. The van der Waals surface area contributed by atoms with Gasteiger partial charge in [-0.05, 0) is 35.2 Å². The standard InChI is InChI=1S/C22H32O4SSi/c1-19(26-27(5,23)24)13-12-18-25-28(22(2,3)4,20-14-8-6-9-15-20)21-16-10-7-11-17-21/h6-11,14-17,19H,12-13,18H2,1-5H3/t19-/m1/s1. The third-order valence-corrected chi connectivity index (χ3v) is 10.5. The van der Waals surface area contributed by atoms with Crippen LogP contribution in [0.5, 0.6) is 0 Å². The smallest absolute Gasteiger partial charge is 0.264 e. The van der Waals surface area contributed by atoms with Crippen molar-refractivity contribution in [2.24, 2.45) is 0 Å². The van der Waals surface area contributed by atoms with E-state index in [1.54, 1.807) is 6.92 Å². The van der Waals surface area contributed by atoms with Gasteiger partial charge in [0.25, 0.3) is 18.4 Å². The van der Waals surface area contributed by atoms with Crippen molar-refractivity contribution in [3.63, 3.8) is 0 Å². The van der Waals surface area contributed by atoms with E-state index in [9.17, 15) is 8.42 Å². The van der Waals surface area contributed by atoms with Crippen LogP contribution in [0.3, 0.4) is 0 Å². The largest absolute Gasteiger partial charge is 0.407 e. The van der Waals surface area contributed by atoms with Gasteiger partial charge in [0.15, 0.2) is 0 Å². The van der Waals surface area contributed by atoms with Crippen LogP contribution in [0.15, 0.2) is 60.7 Å². The first-order valence-electron chi connectivity index (χ1n) is 9.69. The van der Waals surface area contributed by atoms with Gasteiger partial charge in [0.05, 0.1) is 12.4 Å². The van der Waals surface area contributed by atoms with Crippen molar-refractivity contribution in [3.05, 3.63) is 60.7 Å². The quantitative estimate of drug-likeness (QED) is 0.353. The van der Waals surface area contributed by atoms with Crippen LogP contribution >= 0.6 is 0 Å². The van der Waals surface area contributed by atoms with Crippen LogP contribution < -0.4 is 10.4 Å². The molecule has 0 heterocycles. The predicted molar refractivity (Wildman–Crippen MR) is 118 cm³/mol. The van der Waals surface area contributed by atoms with Crippen LogP contribution in [0.4, 0.5) is 0 Å². The highest BCUT2D eigenvalue weighted by atomic mass is 32.2. The van der Waals surface area contributed by atoms with Crippen LogP contribution in [0.1, 0.15) is 40.5 Å². The molecule has 0 saturated carbocycles. The van der Waals surface area contributed by atoms with Crippen molar-refractivity contribution < 1.29 is 17.0 Å². The average molecular weight is 421 g/mol. The Morgan fingerprint density at radius 3 is 1.79 bits per heavy atom. The molecule has 0 aliphatic heterocycles. The highest BCUT2D eigenvalue weighted by Crippen LogP contribution is 2.36. The molecule has 0 aliphatic carbocycles. The zero-order chi connectivity index (χ0) is 20.8. The summed E-state index contributed by atoms with van der Waals surface area (Å²) < 4.78 is 34.4. The number of rotatable bonds is 9. The SMILES string of the molecule is C[C@H](CCCO[Si](c1ccccc1)(c1ccccc1)C(C)(C)C)OS(C)(=O)=O. The normalized spacial score (nSPS) is 14.0. The van der Waals surface area contributed by atoms with Gasteiger partial charge in [0.1, 0.15) is 0 Å². The minimum Gasteiger partial charge on any atom is -0.407 e. The second kappa shape index (κ2) is 9.35. The van der Waals surface area contributed by atoms with E-state index in [1.807, 2.05) is 12.1 Å². The van der Waals surface area contributed by atoms with E-state index in [0.29, 0.717) is 13.0 Å². The lowest BCUT2D eigenvalue weighted by atomic mass is 10.2. The van der Waals surface area contributed by atoms with E-state index in [0.717, 1.165) is 12.7 Å². The Bertz CT molecular complexity index is 790. The maximum atomic E-state index is 11.3. The molecule has 0 aliphatic rings. The molecule has 0 amide bonds. The summed E-state index contributed by atoms with van der Waals surface area (Å²) in [5.41, 5.74) is 0. The van der Waals surface area contributed by atoms with Gasteiger partial charge in [-0.15, -0.1) is 0 Å². The Balaban J connectivity index is 2.27. The molecule has 0 spiro atoms. The average Bonchev–Trinajstić information content (AvgIpc) is 2.61. The second-order valence-corrected chi connectivity index (χ2v) is 14.2. The summed E-state index contributed by atoms with van der Waals surface area (Å²) in [6.07, 6.45) is 2.10. The molecule has 0 unspecified atom stereocenters. The monoisotopic (exact) mass is 420 g/mol. The highest BCUT2D eigenvalue weighted by molar-refractivity contribution is 7.86. The molecule has 0 N–H and O–H groups in total. The van der Waals surface area contributed by atoms with Gasteiger partial charge >= 0.3 is 0 Å². The van der Waals surface area contributed by atoms with Crippen molar-refractivity contribution in [1.29, 1.82) is 0 Å². The fourth-order valence-electron chi connectivity index (χ4n) is 3.70. The molecular weight excluding hydrogens is 388 g/mol. The molecule has 2 rings (SSSR count). The molecule has 0 saturated heterocycles. The van der Waals surface area contributed by atoms with Crippen molar-refractivity contribution >= 4 is 28.8 Å². The molecule has 28 heavy (non-hydrogen) atoms. The highest BCUT2D eigenvalue weighted by Gasteiger charge is 2.49.